The molecule has 3 aromatic carbocycles. The third-order valence-corrected chi connectivity index (χ3v) is 7.51. The number of nitrogens with zero attached hydrogens (tertiary/aromatic N) is 3. The summed E-state index contributed by atoms with van der Waals surface area (Å²) in [5.74, 6) is -0.205. The molecule has 8 heteroatoms. The third kappa shape index (κ3) is 5.51. The van der Waals surface area contributed by atoms with E-state index in [4.69, 9.17) is 4.74 Å². The quantitative estimate of drug-likeness (QED) is 0.246. The fourth-order valence-corrected chi connectivity index (χ4v) is 5.45. The maximum Gasteiger partial charge on any atom is 0.418 e. The second-order valence-corrected chi connectivity index (χ2v) is 10.2. The molecule has 2 heterocycles. The van der Waals surface area contributed by atoms with E-state index < -0.39 is 11.7 Å². The summed E-state index contributed by atoms with van der Waals surface area (Å²) in [6, 6.07) is 18.2. The second kappa shape index (κ2) is 10.8. The van der Waals surface area contributed by atoms with Gasteiger partial charge in [-0.1, -0.05) is 48.0 Å². The van der Waals surface area contributed by atoms with E-state index in [9.17, 15) is 18.0 Å². The van der Waals surface area contributed by atoms with Gasteiger partial charge < -0.3 is 9.64 Å². The number of hydrogen-bond acceptors (Lipinski definition) is 4. The molecule has 0 atom stereocenters. The Bertz CT molecular complexity index is 1480. The average Bonchev–Trinajstić information content (AvgIpc) is 3.28. The summed E-state index contributed by atoms with van der Waals surface area (Å²) in [6.45, 7) is 8.07. The van der Waals surface area contributed by atoms with Gasteiger partial charge in [-0.2, -0.15) is 18.3 Å². The number of esters is 1. The van der Waals surface area contributed by atoms with Crippen molar-refractivity contribution in [1.82, 2.24) is 9.78 Å². The van der Waals surface area contributed by atoms with E-state index >= 15 is 0 Å². The fourth-order valence-electron chi connectivity index (χ4n) is 5.45. The molecule has 0 saturated carbocycles. The van der Waals surface area contributed by atoms with Crippen molar-refractivity contribution < 1.29 is 22.7 Å². The number of ether oxygens (including phenoxy) is 1. The van der Waals surface area contributed by atoms with Gasteiger partial charge in [-0.3, -0.25) is 9.48 Å². The first-order chi connectivity index (χ1) is 18.7. The highest BCUT2D eigenvalue weighted by atomic mass is 19.4. The largest absolute Gasteiger partial charge is 0.466 e. The fraction of sp³-hybridized carbons (Fsp3) is 0.355. The molecule has 1 aliphatic heterocycles. The maximum absolute atomic E-state index is 13.9. The molecular weight excluding hydrogens is 503 g/mol. The van der Waals surface area contributed by atoms with E-state index in [1.54, 1.807) is 10.7 Å². The molecule has 5 nitrogen and oxygen atoms in total. The van der Waals surface area contributed by atoms with Crippen LogP contribution in [0.4, 0.5) is 18.9 Å². The summed E-state index contributed by atoms with van der Waals surface area (Å²) < 4.78 is 48.5. The lowest BCUT2D eigenvalue weighted by molar-refractivity contribution is -0.148. The highest BCUT2D eigenvalue weighted by Gasteiger charge is 2.34. The molecule has 1 saturated heterocycles. The van der Waals surface area contributed by atoms with Crippen LogP contribution in [0.15, 0.2) is 60.7 Å². The zero-order valence-corrected chi connectivity index (χ0v) is 22.4. The number of halogens is 3. The second-order valence-electron chi connectivity index (χ2n) is 10.2. The van der Waals surface area contributed by atoms with Crippen LogP contribution in [-0.2, 0) is 22.3 Å². The minimum absolute atomic E-state index is 0.0464. The van der Waals surface area contributed by atoms with E-state index in [1.165, 1.54) is 6.07 Å². The van der Waals surface area contributed by atoms with E-state index in [0.717, 1.165) is 59.9 Å². The number of alkyl halides is 3. The molecule has 1 fully saturated rings. The van der Waals surface area contributed by atoms with Crippen LogP contribution in [0.3, 0.4) is 0 Å². The topological polar surface area (TPSA) is 47.4 Å². The molecular formula is C31H32F3N3O2. The van der Waals surface area contributed by atoms with Crippen molar-refractivity contribution in [3.05, 3.63) is 82.9 Å². The Labute approximate surface area is 226 Å². The molecule has 1 aliphatic rings. The average molecular weight is 536 g/mol. The molecule has 1 aromatic heterocycles. The highest BCUT2D eigenvalue weighted by molar-refractivity contribution is 5.95. The standard InChI is InChI=1S/C31H32F3N3O2/c1-4-39-30(38)23-14-16-36(17-15-23)25-12-10-22(11-13-25)29-26-6-5-7-27(31(32,33)34)28(26)35-37(29)19-24-9-8-20(2)18-21(24)3/h5-13,18,23H,4,14-17,19H2,1-3H3. The summed E-state index contributed by atoms with van der Waals surface area (Å²) in [5, 5.41) is 4.98. The first kappa shape index (κ1) is 26.8. The van der Waals surface area contributed by atoms with Crippen LogP contribution in [0.5, 0.6) is 0 Å². The van der Waals surface area contributed by atoms with Gasteiger partial charge in [0.05, 0.1) is 30.3 Å². The number of carbonyl (C=O) groups excluding carboxylic acids is 1. The summed E-state index contributed by atoms with van der Waals surface area (Å²) in [5.41, 5.74) is 4.89. The summed E-state index contributed by atoms with van der Waals surface area (Å²) >= 11 is 0. The molecule has 0 amide bonds. The predicted octanol–water partition coefficient (Wildman–Crippen LogP) is 7.17. The number of piperidine rings is 1. The van der Waals surface area contributed by atoms with Crippen molar-refractivity contribution in [2.45, 2.75) is 46.3 Å². The van der Waals surface area contributed by atoms with E-state index in [-0.39, 0.29) is 17.4 Å². The summed E-state index contributed by atoms with van der Waals surface area (Å²) in [6.07, 6.45) is -3.04. The smallest absolute Gasteiger partial charge is 0.418 e. The summed E-state index contributed by atoms with van der Waals surface area (Å²) in [4.78, 5) is 14.3. The third-order valence-electron chi connectivity index (χ3n) is 7.51. The van der Waals surface area contributed by atoms with Crippen LogP contribution in [0, 0.1) is 19.8 Å². The molecule has 0 spiro atoms. The lowest BCUT2D eigenvalue weighted by atomic mass is 9.96. The molecule has 0 radical (unpaired) electrons. The van der Waals surface area contributed by atoms with Crippen LogP contribution in [0.2, 0.25) is 0 Å². The van der Waals surface area contributed by atoms with Crippen LogP contribution in [0.25, 0.3) is 22.2 Å². The molecule has 5 rings (SSSR count). The molecule has 0 unspecified atom stereocenters. The molecule has 39 heavy (non-hydrogen) atoms. The Morgan fingerprint density at radius 3 is 2.38 bits per heavy atom. The monoisotopic (exact) mass is 535 g/mol. The maximum atomic E-state index is 13.9. The Balaban J connectivity index is 1.49. The molecule has 0 bridgehead atoms. The zero-order chi connectivity index (χ0) is 27.7. The number of rotatable bonds is 6. The molecule has 0 N–H and O–H groups in total. The van der Waals surface area contributed by atoms with Gasteiger partial charge in [0.15, 0.2) is 0 Å². The van der Waals surface area contributed by atoms with Gasteiger partial charge >= 0.3 is 12.1 Å². The van der Waals surface area contributed by atoms with Crippen molar-refractivity contribution in [2.24, 2.45) is 5.92 Å². The number of anilines is 1. The number of aromatic nitrogens is 2. The first-order valence-electron chi connectivity index (χ1n) is 13.3. The number of aryl methyl sites for hydroxylation is 2. The van der Waals surface area contributed by atoms with Crippen molar-refractivity contribution in [2.75, 3.05) is 24.6 Å². The lowest BCUT2D eigenvalue weighted by Crippen LogP contribution is -2.36. The van der Waals surface area contributed by atoms with Gasteiger partial charge in [0, 0.05) is 29.7 Å². The number of benzene rings is 3. The number of fused-ring (bicyclic) bond motifs is 1. The van der Waals surface area contributed by atoms with Crippen LogP contribution < -0.4 is 4.90 Å². The Kier molecular flexibility index (Phi) is 7.38. The van der Waals surface area contributed by atoms with Crippen molar-refractivity contribution in [1.29, 1.82) is 0 Å². The molecule has 0 aliphatic carbocycles. The van der Waals surface area contributed by atoms with Crippen molar-refractivity contribution in [3.8, 4) is 11.3 Å². The van der Waals surface area contributed by atoms with Gasteiger partial charge in [-0.15, -0.1) is 0 Å². The first-order valence-corrected chi connectivity index (χ1v) is 13.3. The molecule has 204 valence electrons. The van der Waals surface area contributed by atoms with E-state index in [2.05, 4.69) is 16.1 Å². The molecule has 4 aromatic rings. The van der Waals surface area contributed by atoms with Gasteiger partial charge in [0.2, 0.25) is 0 Å². The van der Waals surface area contributed by atoms with Gasteiger partial charge in [0.1, 0.15) is 5.52 Å². The highest BCUT2D eigenvalue weighted by Crippen LogP contribution is 2.39. The Morgan fingerprint density at radius 2 is 1.74 bits per heavy atom. The van der Waals surface area contributed by atoms with Crippen LogP contribution >= 0.6 is 0 Å². The number of carbonyl (C=O) groups is 1. The van der Waals surface area contributed by atoms with E-state index in [1.807, 2.05) is 57.2 Å². The Hall–Kier alpha value is -3.81. The summed E-state index contributed by atoms with van der Waals surface area (Å²) in [7, 11) is 0. The van der Waals surface area contributed by atoms with E-state index in [0.29, 0.717) is 24.2 Å². The Morgan fingerprint density at radius 1 is 1.03 bits per heavy atom. The van der Waals surface area contributed by atoms with Crippen LogP contribution in [-0.4, -0.2) is 35.4 Å². The van der Waals surface area contributed by atoms with Crippen molar-refractivity contribution >= 4 is 22.6 Å². The van der Waals surface area contributed by atoms with Gasteiger partial charge in [-0.25, -0.2) is 0 Å². The lowest BCUT2D eigenvalue weighted by Gasteiger charge is -2.32. The van der Waals surface area contributed by atoms with Crippen molar-refractivity contribution in [3.63, 3.8) is 0 Å². The van der Waals surface area contributed by atoms with Crippen LogP contribution in [0.1, 0.15) is 42.0 Å². The SMILES string of the molecule is CCOC(=O)C1CCN(c2ccc(-c3c4cccc(C(F)(F)F)c4nn3Cc3ccc(C)cc3C)cc2)CC1. The normalized spacial score (nSPS) is 14.7. The zero-order valence-electron chi connectivity index (χ0n) is 22.4. The van der Waals surface area contributed by atoms with Gasteiger partial charge in [0.25, 0.3) is 0 Å². The predicted molar refractivity (Wildman–Crippen MR) is 147 cm³/mol. The minimum Gasteiger partial charge on any atom is -0.466 e. The van der Waals surface area contributed by atoms with Gasteiger partial charge in [-0.05, 0) is 62.9 Å². The minimum atomic E-state index is -4.50. The number of hydrogen-bond donors (Lipinski definition) is 0.